The van der Waals surface area contributed by atoms with Crippen molar-refractivity contribution in [1.29, 1.82) is 0 Å². The number of hydrogen-bond donors (Lipinski definition) is 1. The van der Waals surface area contributed by atoms with Gasteiger partial charge in [-0.25, -0.2) is 0 Å². The lowest BCUT2D eigenvalue weighted by Gasteiger charge is -2.14. The molecule has 0 aliphatic carbocycles. The topological polar surface area (TPSA) is 44.5 Å². The summed E-state index contributed by atoms with van der Waals surface area (Å²) in [6.07, 6.45) is 0.729. The van der Waals surface area contributed by atoms with E-state index in [2.05, 4.69) is 4.74 Å². The summed E-state index contributed by atoms with van der Waals surface area (Å²) < 4.78 is 45.3. The van der Waals surface area contributed by atoms with Crippen molar-refractivity contribution in [3.63, 3.8) is 0 Å². The highest BCUT2D eigenvalue weighted by molar-refractivity contribution is 4.67. The van der Waals surface area contributed by atoms with Crippen LogP contribution in [0.25, 0.3) is 0 Å². The number of halogens is 3. The smallest absolute Gasteiger partial charge is 0.378 e. The third-order valence-corrected chi connectivity index (χ3v) is 2.72. The van der Waals surface area contributed by atoms with E-state index in [0.717, 1.165) is 32.3 Å². The first kappa shape index (κ1) is 14.7. The average molecular weight is 255 g/mol. The fraction of sp³-hybridized carbons (Fsp3) is 1.00. The molecular weight excluding hydrogens is 235 g/mol. The third kappa shape index (κ3) is 7.57. The first-order valence-electron chi connectivity index (χ1n) is 5.99. The van der Waals surface area contributed by atoms with Gasteiger partial charge in [-0.3, -0.25) is 0 Å². The second kappa shape index (κ2) is 7.18. The molecule has 0 aromatic heterocycles. The van der Waals surface area contributed by atoms with Gasteiger partial charge >= 0.3 is 6.18 Å². The van der Waals surface area contributed by atoms with Gasteiger partial charge in [0.25, 0.3) is 0 Å². The van der Waals surface area contributed by atoms with Crippen LogP contribution in [0.1, 0.15) is 32.1 Å². The van der Waals surface area contributed by atoms with Crippen molar-refractivity contribution in [2.75, 3.05) is 19.8 Å². The first-order valence-corrected chi connectivity index (χ1v) is 5.99. The Hall–Kier alpha value is -0.330. The van der Waals surface area contributed by atoms with E-state index in [4.69, 9.17) is 10.5 Å². The van der Waals surface area contributed by atoms with E-state index in [9.17, 15) is 13.2 Å². The van der Waals surface area contributed by atoms with Crippen molar-refractivity contribution in [3.8, 4) is 0 Å². The van der Waals surface area contributed by atoms with Crippen LogP contribution in [0.15, 0.2) is 0 Å². The number of ether oxygens (including phenoxy) is 2. The number of hydrogen-bond acceptors (Lipinski definition) is 3. The Labute approximate surface area is 99.4 Å². The molecule has 1 rings (SSSR count). The molecule has 1 saturated heterocycles. The lowest BCUT2D eigenvalue weighted by molar-refractivity contribution is -0.174. The number of nitrogens with two attached hydrogens (primary N) is 1. The Morgan fingerprint density at radius 1 is 1.41 bits per heavy atom. The van der Waals surface area contributed by atoms with E-state index in [1.54, 1.807) is 0 Å². The Morgan fingerprint density at radius 3 is 2.76 bits per heavy atom. The largest absolute Gasteiger partial charge is 0.411 e. The van der Waals surface area contributed by atoms with Crippen LogP contribution < -0.4 is 5.73 Å². The predicted molar refractivity (Wildman–Crippen MR) is 57.7 cm³/mol. The van der Waals surface area contributed by atoms with E-state index in [1.807, 2.05) is 0 Å². The van der Waals surface area contributed by atoms with Gasteiger partial charge in [-0.1, -0.05) is 0 Å². The van der Waals surface area contributed by atoms with E-state index >= 15 is 0 Å². The molecule has 0 saturated carbocycles. The average Bonchev–Trinajstić information content (AvgIpc) is 2.68. The second-order valence-corrected chi connectivity index (χ2v) is 4.46. The highest BCUT2D eigenvalue weighted by atomic mass is 19.4. The molecule has 2 N–H and O–H groups in total. The lowest BCUT2D eigenvalue weighted by atomic mass is 10.1. The van der Waals surface area contributed by atoms with Gasteiger partial charge in [-0.05, 0) is 32.1 Å². The maximum Gasteiger partial charge on any atom is 0.411 e. The third-order valence-electron chi connectivity index (χ3n) is 2.72. The van der Waals surface area contributed by atoms with Gasteiger partial charge in [0.05, 0.1) is 12.7 Å². The van der Waals surface area contributed by atoms with Gasteiger partial charge in [0, 0.05) is 12.6 Å². The van der Waals surface area contributed by atoms with Crippen molar-refractivity contribution in [3.05, 3.63) is 0 Å². The summed E-state index contributed by atoms with van der Waals surface area (Å²) in [7, 11) is 0. The van der Waals surface area contributed by atoms with Crippen LogP contribution in [0, 0.1) is 0 Å². The molecular formula is C11H20F3NO2. The Morgan fingerprint density at radius 2 is 2.18 bits per heavy atom. The minimum Gasteiger partial charge on any atom is -0.378 e. The van der Waals surface area contributed by atoms with Gasteiger partial charge in [0.2, 0.25) is 0 Å². The van der Waals surface area contributed by atoms with Gasteiger partial charge < -0.3 is 15.2 Å². The molecule has 0 spiro atoms. The molecule has 17 heavy (non-hydrogen) atoms. The molecule has 1 aliphatic rings. The highest BCUT2D eigenvalue weighted by Gasteiger charge is 2.27. The zero-order chi connectivity index (χ0) is 12.7. The molecule has 0 amide bonds. The molecule has 1 heterocycles. The molecule has 6 heteroatoms. The molecule has 1 fully saturated rings. The minimum atomic E-state index is -4.27. The predicted octanol–water partition coefficient (Wildman–Crippen LogP) is 2.24. The van der Waals surface area contributed by atoms with Crippen molar-refractivity contribution in [1.82, 2.24) is 0 Å². The monoisotopic (exact) mass is 255 g/mol. The van der Waals surface area contributed by atoms with Crippen LogP contribution in [-0.4, -0.2) is 38.1 Å². The zero-order valence-electron chi connectivity index (χ0n) is 9.84. The van der Waals surface area contributed by atoms with Crippen molar-refractivity contribution >= 4 is 0 Å². The number of alkyl halides is 3. The minimum absolute atomic E-state index is 0.0367. The summed E-state index contributed by atoms with van der Waals surface area (Å²) in [6, 6.07) is -0.321. The molecule has 0 bridgehead atoms. The molecule has 0 aromatic rings. The van der Waals surface area contributed by atoms with Crippen LogP contribution in [0.4, 0.5) is 13.2 Å². The number of rotatable bonds is 7. The standard InChI is InChI=1S/C11H20F3NO2/c12-11(13,14)8-16-7-9(15)3-1-4-10-5-2-6-17-10/h9-10H,1-8,15H2. The normalized spacial score (nSPS) is 22.9. The van der Waals surface area contributed by atoms with Crippen LogP contribution in [-0.2, 0) is 9.47 Å². The summed E-state index contributed by atoms with van der Waals surface area (Å²) in [5, 5.41) is 0. The van der Waals surface area contributed by atoms with Crippen molar-refractivity contribution < 1.29 is 22.6 Å². The molecule has 2 atom stereocenters. The van der Waals surface area contributed by atoms with Gasteiger partial charge in [-0.15, -0.1) is 0 Å². The van der Waals surface area contributed by atoms with Crippen LogP contribution >= 0.6 is 0 Å². The van der Waals surface area contributed by atoms with Crippen LogP contribution in [0.2, 0.25) is 0 Å². The first-order chi connectivity index (χ1) is 7.97. The Kier molecular flexibility index (Phi) is 6.22. The molecule has 2 unspecified atom stereocenters. The van der Waals surface area contributed by atoms with Gasteiger partial charge in [-0.2, -0.15) is 13.2 Å². The van der Waals surface area contributed by atoms with E-state index in [-0.39, 0.29) is 12.6 Å². The molecule has 0 aromatic carbocycles. The summed E-state index contributed by atoms with van der Waals surface area (Å²) in [5.74, 6) is 0. The van der Waals surface area contributed by atoms with Crippen LogP contribution in [0.3, 0.4) is 0 Å². The fourth-order valence-corrected chi connectivity index (χ4v) is 1.89. The van der Waals surface area contributed by atoms with E-state index in [0.29, 0.717) is 12.5 Å². The highest BCUT2D eigenvalue weighted by Crippen LogP contribution is 2.18. The quantitative estimate of drug-likeness (QED) is 0.758. The summed E-state index contributed by atoms with van der Waals surface area (Å²) in [5.41, 5.74) is 5.65. The van der Waals surface area contributed by atoms with Crippen molar-refractivity contribution in [2.24, 2.45) is 5.73 Å². The second-order valence-electron chi connectivity index (χ2n) is 4.46. The summed E-state index contributed by atoms with van der Waals surface area (Å²) in [6.45, 7) is -0.428. The Bertz CT molecular complexity index is 205. The molecule has 0 radical (unpaired) electrons. The van der Waals surface area contributed by atoms with Gasteiger partial charge in [0.15, 0.2) is 0 Å². The van der Waals surface area contributed by atoms with Gasteiger partial charge in [0.1, 0.15) is 6.61 Å². The summed E-state index contributed by atoms with van der Waals surface area (Å²) >= 11 is 0. The van der Waals surface area contributed by atoms with E-state index < -0.39 is 12.8 Å². The maximum atomic E-state index is 11.8. The Balaban J connectivity index is 1.95. The molecule has 3 nitrogen and oxygen atoms in total. The molecule has 1 aliphatic heterocycles. The zero-order valence-corrected chi connectivity index (χ0v) is 9.84. The summed E-state index contributed by atoms with van der Waals surface area (Å²) in [4.78, 5) is 0. The molecule has 102 valence electrons. The van der Waals surface area contributed by atoms with Crippen molar-refractivity contribution in [2.45, 2.75) is 50.4 Å². The SMILES string of the molecule is NC(CCCC1CCCO1)COCC(F)(F)F. The fourth-order valence-electron chi connectivity index (χ4n) is 1.89. The lowest BCUT2D eigenvalue weighted by Crippen LogP contribution is -2.29. The maximum absolute atomic E-state index is 11.8. The van der Waals surface area contributed by atoms with E-state index in [1.165, 1.54) is 0 Å². The van der Waals surface area contributed by atoms with Crippen LogP contribution in [0.5, 0.6) is 0 Å².